The summed E-state index contributed by atoms with van der Waals surface area (Å²) in [6.07, 6.45) is -0.204. The van der Waals surface area contributed by atoms with Gasteiger partial charge in [-0.3, -0.25) is 4.90 Å². The second-order valence-electron chi connectivity index (χ2n) is 6.77. The van der Waals surface area contributed by atoms with Crippen molar-refractivity contribution in [2.75, 3.05) is 26.8 Å². The Morgan fingerprint density at radius 2 is 2.14 bits per heavy atom. The number of halogens is 1. The molecule has 0 amide bonds. The lowest BCUT2D eigenvalue weighted by Gasteiger charge is -2.31. The van der Waals surface area contributed by atoms with Crippen molar-refractivity contribution in [3.05, 3.63) is 65.2 Å². The first kappa shape index (κ1) is 19.3. The molecule has 4 rings (SSSR count). The zero-order valence-corrected chi connectivity index (χ0v) is 16.0. The minimum atomic E-state index is -0.282. The van der Waals surface area contributed by atoms with E-state index in [-0.39, 0.29) is 18.5 Å². The normalized spacial score (nSPS) is 17.2. The van der Waals surface area contributed by atoms with E-state index in [1.165, 1.54) is 12.1 Å². The Hall–Kier alpha value is -3.04. The minimum Gasteiger partial charge on any atom is -0.493 e. The van der Waals surface area contributed by atoms with Crippen LogP contribution in [-0.4, -0.2) is 52.3 Å². The Balaban J connectivity index is 1.43. The maximum atomic E-state index is 13.4. The molecule has 0 saturated carbocycles. The zero-order chi connectivity index (χ0) is 20.1. The van der Waals surface area contributed by atoms with Crippen molar-refractivity contribution in [3.63, 3.8) is 0 Å². The van der Waals surface area contributed by atoms with E-state index in [0.717, 1.165) is 24.2 Å². The van der Waals surface area contributed by atoms with Crippen molar-refractivity contribution >= 4 is 0 Å². The van der Waals surface area contributed by atoms with Gasteiger partial charge in [0.1, 0.15) is 18.5 Å². The van der Waals surface area contributed by atoms with Crippen LogP contribution in [0, 0.1) is 5.82 Å². The van der Waals surface area contributed by atoms with Gasteiger partial charge in [0.25, 0.3) is 0 Å². The number of hydrogen-bond acceptors (Lipinski definition) is 7. The molecule has 29 heavy (non-hydrogen) atoms. The molecule has 2 heterocycles. The SMILES string of the molecule is COc1ccc(CN2CCOC(c3nn[nH]n3)C2)cc1OCc1cccc(F)c1. The predicted molar refractivity (Wildman–Crippen MR) is 102 cm³/mol. The molecular formula is C20H22FN5O3. The zero-order valence-electron chi connectivity index (χ0n) is 16.0. The summed E-state index contributed by atoms with van der Waals surface area (Å²) >= 11 is 0. The van der Waals surface area contributed by atoms with E-state index in [2.05, 4.69) is 25.5 Å². The molecule has 1 fully saturated rings. The molecule has 1 aromatic heterocycles. The van der Waals surface area contributed by atoms with Crippen LogP contribution in [0.25, 0.3) is 0 Å². The number of nitrogens with one attached hydrogen (secondary N) is 1. The fourth-order valence-corrected chi connectivity index (χ4v) is 3.29. The summed E-state index contributed by atoms with van der Waals surface area (Å²) in [5.74, 6) is 1.54. The summed E-state index contributed by atoms with van der Waals surface area (Å²) in [7, 11) is 1.60. The van der Waals surface area contributed by atoms with Gasteiger partial charge < -0.3 is 14.2 Å². The van der Waals surface area contributed by atoms with Crippen LogP contribution >= 0.6 is 0 Å². The van der Waals surface area contributed by atoms with Crippen molar-refractivity contribution in [1.82, 2.24) is 25.5 Å². The Kier molecular flexibility index (Phi) is 5.97. The first-order valence-electron chi connectivity index (χ1n) is 9.33. The summed E-state index contributed by atoms with van der Waals surface area (Å²) in [5.41, 5.74) is 1.84. The maximum Gasteiger partial charge on any atom is 0.204 e. The lowest BCUT2D eigenvalue weighted by atomic mass is 10.1. The van der Waals surface area contributed by atoms with E-state index in [4.69, 9.17) is 14.2 Å². The third kappa shape index (κ3) is 4.87. The third-order valence-corrected chi connectivity index (χ3v) is 4.72. The Morgan fingerprint density at radius 3 is 2.93 bits per heavy atom. The molecule has 152 valence electrons. The number of morpholine rings is 1. The minimum absolute atomic E-state index is 0.204. The van der Waals surface area contributed by atoms with Gasteiger partial charge in [0.2, 0.25) is 5.82 Å². The number of nitrogens with zero attached hydrogens (tertiary/aromatic N) is 4. The highest BCUT2D eigenvalue weighted by Gasteiger charge is 2.25. The molecule has 0 bridgehead atoms. The summed E-state index contributed by atoms with van der Waals surface area (Å²) in [4.78, 5) is 2.27. The molecule has 1 aliphatic heterocycles. The summed E-state index contributed by atoms with van der Waals surface area (Å²) in [6, 6.07) is 12.2. The van der Waals surface area contributed by atoms with Gasteiger partial charge in [0, 0.05) is 19.6 Å². The van der Waals surface area contributed by atoms with Gasteiger partial charge >= 0.3 is 0 Å². The topological polar surface area (TPSA) is 85.4 Å². The van der Waals surface area contributed by atoms with Crippen LogP contribution < -0.4 is 9.47 Å². The average Bonchev–Trinajstić information content (AvgIpc) is 3.28. The van der Waals surface area contributed by atoms with Crippen LogP contribution in [0.3, 0.4) is 0 Å². The lowest BCUT2D eigenvalue weighted by Crippen LogP contribution is -2.38. The number of tetrazole rings is 1. The first-order chi connectivity index (χ1) is 14.2. The van der Waals surface area contributed by atoms with Crippen LogP contribution in [0.5, 0.6) is 11.5 Å². The van der Waals surface area contributed by atoms with Gasteiger partial charge in [-0.05, 0) is 35.4 Å². The van der Waals surface area contributed by atoms with E-state index >= 15 is 0 Å². The monoisotopic (exact) mass is 399 g/mol. The van der Waals surface area contributed by atoms with E-state index in [1.807, 2.05) is 24.3 Å². The molecular weight excluding hydrogens is 377 g/mol. The summed E-state index contributed by atoms with van der Waals surface area (Å²) in [5, 5.41) is 14.1. The van der Waals surface area contributed by atoms with E-state index in [1.54, 1.807) is 13.2 Å². The van der Waals surface area contributed by atoms with Gasteiger partial charge in [-0.1, -0.05) is 23.4 Å². The molecule has 1 N–H and O–H groups in total. The number of rotatable bonds is 7. The largest absolute Gasteiger partial charge is 0.493 e. The summed E-state index contributed by atoms with van der Waals surface area (Å²) in [6.45, 7) is 3.05. The molecule has 1 unspecified atom stereocenters. The van der Waals surface area contributed by atoms with Crippen molar-refractivity contribution in [1.29, 1.82) is 0 Å². The molecule has 8 nitrogen and oxygen atoms in total. The quantitative estimate of drug-likeness (QED) is 0.653. The van der Waals surface area contributed by atoms with Gasteiger partial charge in [-0.25, -0.2) is 4.39 Å². The van der Waals surface area contributed by atoms with Crippen LogP contribution in [0.4, 0.5) is 4.39 Å². The second-order valence-corrected chi connectivity index (χ2v) is 6.77. The van der Waals surface area contributed by atoms with Crippen LogP contribution in [0.15, 0.2) is 42.5 Å². The van der Waals surface area contributed by atoms with E-state index in [0.29, 0.717) is 30.5 Å². The van der Waals surface area contributed by atoms with Gasteiger partial charge in [0.05, 0.1) is 13.7 Å². The molecule has 3 aromatic rings. The number of benzene rings is 2. The number of methoxy groups -OCH3 is 1. The average molecular weight is 399 g/mol. The second kappa shape index (κ2) is 8.97. The van der Waals surface area contributed by atoms with Crippen molar-refractivity contribution in [2.45, 2.75) is 19.3 Å². The van der Waals surface area contributed by atoms with Crippen LogP contribution in [0.2, 0.25) is 0 Å². The smallest absolute Gasteiger partial charge is 0.204 e. The molecule has 1 aliphatic rings. The molecule has 1 atom stereocenters. The Bertz CT molecular complexity index is 938. The predicted octanol–water partition coefficient (Wildman–Crippen LogP) is 2.50. The third-order valence-electron chi connectivity index (χ3n) is 4.72. The number of hydrogen-bond donors (Lipinski definition) is 1. The number of H-pyrrole nitrogens is 1. The summed E-state index contributed by atoms with van der Waals surface area (Å²) < 4.78 is 30.5. The number of ether oxygens (including phenoxy) is 3. The highest BCUT2D eigenvalue weighted by molar-refractivity contribution is 5.43. The fraction of sp³-hybridized carbons (Fsp3) is 0.350. The highest BCUT2D eigenvalue weighted by Crippen LogP contribution is 2.30. The van der Waals surface area contributed by atoms with E-state index < -0.39 is 0 Å². The van der Waals surface area contributed by atoms with E-state index in [9.17, 15) is 4.39 Å². The van der Waals surface area contributed by atoms with Crippen molar-refractivity contribution in [2.24, 2.45) is 0 Å². The molecule has 1 saturated heterocycles. The number of aromatic amines is 1. The molecule has 0 aliphatic carbocycles. The van der Waals surface area contributed by atoms with Crippen LogP contribution in [0.1, 0.15) is 23.1 Å². The van der Waals surface area contributed by atoms with Gasteiger partial charge in [0.15, 0.2) is 11.5 Å². The molecule has 0 spiro atoms. The highest BCUT2D eigenvalue weighted by atomic mass is 19.1. The Morgan fingerprint density at radius 1 is 1.21 bits per heavy atom. The number of aromatic nitrogens is 4. The fourth-order valence-electron chi connectivity index (χ4n) is 3.29. The standard InChI is InChI=1S/C20H22FN5O3/c1-27-17-6-5-14(10-18(17)29-13-15-3-2-4-16(21)9-15)11-26-7-8-28-19(12-26)20-22-24-25-23-20/h2-6,9-10,19H,7-8,11-13H2,1H3,(H,22,23,24,25). The van der Waals surface area contributed by atoms with Crippen molar-refractivity contribution in [3.8, 4) is 11.5 Å². The molecule has 9 heteroatoms. The van der Waals surface area contributed by atoms with Crippen molar-refractivity contribution < 1.29 is 18.6 Å². The maximum absolute atomic E-state index is 13.4. The van der Waals surface area contributed by atoms with Gasteiger partial charge in [-0.2, -0.15) is 5.21 Å². The molecule has 2 aromatic carbocycles. The van der Waals surface area contributed by atoms with Crippen LogP contribution in [-0.2, 0) is 17.9 Å². The molecule has 0 radical (unpaired) electrons. The first-order valence-corrected chi connectivity index (χ1v) is 9.33. The van der Waals surface area contributed by atoms with Gasteiger partial charge in [-0.15, -0.1) is 10.2 Å². The Labute approximate surface area is 167 Å². The lowest BCUT2D eigenvalue weighted by molar-refractivity contribution is -0.0372.